The van der Waals surface area contributed by atoms with E-state index in [0.29, 0.717) is 0 Å². The first-order chi connectivity index (χ1) is 3.18. The van der Waals surface area contributed by atoms with E-state index in [1.807, 2.05) is 0 Å². The first-order valence-corrected chi connectivity index (χ1v) is 1.81. The molecule has 0 heterocycles. The minimum Gasteiger partial charge on any atom is -0.482 e. The van der Waals surface area contributed by atoms with Crippen LogP contribution in [0.25, 0.3) is 0 Å². The average molecular weight is 183 g/mol. The lowest BCUT2D eigenvalue weighted by Crippen LogP contribution is -1.74. The molecule has 0 unspecified atom stereocenters. The van der Waals surface area contributed by atoms with Crippen LogP contribution in [0.4, 0.5) is 8.78 Å². The van der Waals surface area contributed by atoms with E-state index in [1.54, 1.807) is 0 Å². The number of methoxy groups -OCH3 is 1. The van der Waals surface area contributed by atoms with Gasteiger partial charge in [-0.2, -0.15) is 8.78 Å². The third-order valence-electron chi connectivity index (χ3n) is 0.328. The Morgan fingerprint density at radius 3 is 1.78 bits per heavy atom. The summed E-state index contributed by atoms with van der Waals surface area (Å²) in [4.78, 5) is 0. The Bertz CT molecular complexity index is 91.8. The molecule has 2 nitrogen and oxygen atoms in total. The Hall–Kier alpha value is -0.0600. The Labute approximate surface area is 62.2 Å². The molecule has 0 aromatic carbocycles. The molecule has 0 bridgehead atoms. The molecule has 0 rings (SSSR count). The highest BCUT2D eigenvalue weighted by Crippen LogP contribution is 2.10. The number of ether oxygens (including phenoxy) is 1. The van der Waals surface area contributed by atoms with Gasteiger partial charge in [-0.3, -0.25) is 0 Å². The van der Waals surface area contributed by atoms with Gasteiger partial charge in [-0.25, -0.2) is 0 Å². The number of halogens is 4. The molecule has 0 aliphatic carbocycles. The molecular formula is C3H6Cl2F2O2. The van der Waals surface area contributed by atoms with Gasteiger partial charge in [0, 0.05) is 0 Å². The number of hydrogen-bond acceptors (Lipinski definition) is 1. The maximum atomic E-state index is 11.1. The van der Waals surface area contributed by atoms with E-state index in [9.17, 15) is 8.78 Å². The van der Waals surface area contributed by atoms with Crippen LogP contribution in [0.1, 0.15) is 0 Å². The average Bonchev–Trinajstić information content (AvgIpc) is 1.65. The zero-order chi connectivity index (χ0) is 5.86. The fraction of sp³-hybridized carbons (Fsp3) is 0.333. The second-order valence-electron chi connectivity index (χ2n) is 0.738. The Kier molecular flexibility index (Phi) is 14.1. The third-order valence-corrected chi connectivity index (χ3v) is 0.625. The predicted octanol–water partition coefficient (Wildman–Crippen LogP) is 1.53. The van der Waals surface area contributed by atoms with E-state index in [-0.39, 0.29) is 17.9 Å². The summed E-state index contributed by atoms with van der Waals surface area (Å²) in [5, 5.41) is -0.847. The van der Waals surface area contributed by atoms with Crippen LogP contribution in [0.15, 0.2) is 11.3 Å². The molecule has 2 N–H and O–H groups in total. The second-order valence-corrected chi connectivity index (χ2v) is 1.08. The van der Waals surface area contributed by atoms with Crippen LogP contribution in [-0.2, 0) is 4.74 Å². The van der Waals surface area contributed by atoms with Crippen LogP contribution in [0.2, 0.25) is 0 Å². The van der Waals surface area contributed by atoms with Gasteiger partial charge in [-0.15, -0.1) is 12.4 Å². The molecule has 0 aliphatic heterocycles. The second kappa shape index (κ2) is 7.94. The molecule has 0 aliphatic rings. The van der Waals surface area contributed by atoms with Gasteiger partial charge in [0.1, 0.15) is 0 Å². The lowest BCUT2D eigenvalue weighted by Gasteiger charge is -1.88. The number of rotatable bonds is 1. The van der Waals surface area contributed by atoms with Gasteiger partial charge >= 0.3 is 6.08 Å². The Balaban J connectivity index is -0.000000180. The van der Waals surface area contributed by atoms with Crippen LogP contribution in [0.3, 0.4) is 0 Å². The lowest BCUT2D eigenvalue weighted by molar-refractivity contribution is 0.276. The summed E-state index contributed by atoms with van der Waals surface area (Å²) >= 11 is 4.71. The van der Waals surface area contributed by atoms with E-state index in [0.717, 1.165) is 7.11 Å². The largest absolute Gasteiger partial charge is 0.482 e. The zero-order valence-corrected chi connectivity index (χ0v) is 6.02. The van der Waals surface area contributed by atoms with Crippen LogP contribution in [0, 0.1) is 0 Å². The third kappa shape index (κ3) is 7.94. The molecule has 0 saturated heterocycles. The van der Waals surface area contributed by atoms with Crippen molar-refractivity contribution in [1.29, 1.82) is 0 Å². The van der Waals surface area contributed by atoms with Crippen LogP contribution < -0.4 is 0 Å². The fourth-order valence-electron chi connectivity index (χ4n) is 0.0772. The van der Waals surface area contributed by atoms with Gasteiger partial charge in [0.15, 0.2) is 0 Å². The van der Waals surface area contributed by atoms with Crippen molar-refractivity contribution in [3.8, 4) is 0 Å². The van der Waals surface area contributed by atoms with E-state index in [2.05, 4.69) is 4.74 Å². The first kappa shape index (κ1) is 16.0. The summed E-state index contributed by atoms with van der Waals surface area (Å²) in [6, 6.07) is 0. The molecular weight excluding hydrogens is 177 g/mol. The molecule has 0 aromatic heterocycles. The summed E-state index contributed by atoms with van der Waals surface area (Å²) in [7, 11) is 1.07. The van der Waals surface area contributed by atoms with E-state index >= 15 is 0 Å². The van der Waals surface area contributed by atoms with E-state index in [4.69, 9.17) is 11.6 Å². The van der Waals surface area contributed by atoms with Crippen molar-refractivity contribution in [3.05, 3.63) is 11.3 Å². The van der Waals surface area contributed by atoms with Crippen molar-refractivity contribution in [2.45, 2.75) is 0 Å². The minimum absolute atomic E-state index is 0. The van der Waals surface area contributed by atoms with Crippen molar-refractivity contribution in [2.75, 3.05) is 7.11 Å². The highest BCUT2D eigenvalue weighted by molar-refractivity contribution is 6.28. The summed E-state index contributed by atoms with van der Waals surface area (Å²) in [5.41, 5.74) is 0. The molecule has 0 radical (unpaired) electrons. The fourth-order valence-corrected chi connectivity index (χ4v) is 0.0772. The molecule has 0 atom stereocenters. The zero-order valence-electron chi connectivity index (χ0n) is 4.45. The Morgan fingerprint density at radius 1 is 1.44 bits per heavy atom. The van der Waals surface area contributed by atoms with Crippen LogP contribution >= 0.6 is 24.0 Å². The van der Waals surface area contributed by atoms with E-state index in [1.165, 1.54) is 0 Å². The molecule has 6 heteroatoms. The Morgan fingerprint density at radius 2 is 1.78 bits per heavy atom. The van der Waals surface area contributed by atoms with Gasteiger partial charge in [0.2, 0.25) is 0 Å². The summed E-state index contributed by atoms with van der Waals surface area (Å²) < 4.78 is 26.0. The molecule has 9 heavy (non-hydrogen) atoms. The van der Waals surface area contributed by atoms with Gasteiger partial charge < -0.3 is 10.2 Å². The van der Waals surface area contributed by atoms with Crippen LogP contribution in [0.5, 0.6) is 0 Å². The van der Waals surface area contributed by atoms with Crippen LogP contribution in [-0.4, -0.2) is 12.6 Å². The topological polar surface area (TPSA) is 40.7 Å². The normalized spacial score (nSPS) is 6.22. The summed E-state index contributed by atoms with van der Waals surface area (Å²) in [6.45, 7) is 0. The van der Waals surface area contributed by atoms with Gasteiger partial charge in [0.05, 0.1) is 7.11 Å². The lowest BCUT2D eigenvalue weighted by atomic mass is 11.0. The molecule has 0 spiro atoms. The molecule has 0 aromatic rings. The van der Waals surface area contributed by atoms with Gasteiger partial charge in [-0.05, 0) is 11.6 Å². The van der Waals surface area contributed by atoms with Crippen molar-refractivity contribution >= 4 is 24.0 Å². The summed E-state index contributed by atoms with van der Waals surface area (Å²) in [5.74, 6) is 0. The van der Waals surface area contributed by atoms with Crippen molar-refractivity contribution in [1.82, 2.24) is 0 Å². The monoisotopic (exact) mass is 182 g/mol. The standard InChI is InChI=1S/C3H3ClF2O.ClH.H2O/c1-7-2(4)3(5)6;;/h1H3;1H;1H2. The molecule has 0 amide bonds. The predicted molar refractivity (Wildman–Crippen MR) is 33.0 cm³/mol. The maximum Gasteiger partial charge on any atom is 0.324 e. The van der Waals surface area contributed by atoms with Gasteiger partial charge in [0.25, 0.3) is 5.22 Å². The quantitative estimate of drug-likeness (QED) is 0.568. The molecule has 58 valence electrons. The maximum absolute atomic E-state index is 11.1. The minimum atomic E-state index is -2.00. The summed E-state index contributed by atoms with van der Waals surface area (Å²) in [6.07, 6.45) is -2.00. The smallest absolute Gasteiger partial charge is 0.324 e. The van der Waals surface area contributed by atoms with Crippen molar-refractivity contribution in [2.24, 2.45) is 0 Å². The number of hydrogen-bond donors (Lipinski definition) is 0. The SMILES string of the molecule is COC(Cl)=C(F)F.Cl.O. The van der Waals surface area contributed by atoms with Crippen molar-refractivity contribution in [3.63, 3.8) is 0 Å². The first-order valence-electron chi connectivity index (χ1n) is 1.43. The highest BCUT2D eigenvalue weighted by Gasteiger charge is 1.97. The van der Waals surface area contributed by atoms with Gasteiger partial charge in [-0.1, -0.05) is 0 Å². The highest BCUT2D eigenvalue weighted by atomic mass is 35.5. The van der Waals surface area contributed by atoms with E-state index < -0.39 is 11.3 Å². The van der Waals surface area contributed by atoms with Crippen molar-refractivity contribution < 1.29 is 19.0 Å². The molecule has 0 saturated carbocycles. The molecule has 0 fully saturated rings.